The number of aromatic amines is 1. The third-order valence-electron chi connectivity index (χ3n) is 4.21. The third-order valence-corrected chi connectivity index (χ3v) is 4.21. The number of aromatic nitrogens is 1. The first-order valence-corrected chi connectivity index (χ1v) is 6.50. The summed E-state index contributed by atoms with van der Waals surface area (Å²) in [5, 5.41) is 19.6. The van der Waals surface area contributed by atoms with Gasteiger partial charge >= 0.3 is 5.97 Å². The van der Waals surface area contributed by atoms with Gasteiger partial charge in [-0.2, -0.15) is 0 Å². The predicted molar refractivity (Wildman–Crippen MR) is 72.5 cm³/mol. The summed E-state index contributed by atoms with van der Waals surface area (Å²) >= 11 is 0. The maximum absolute atomic E-state index is 11.1. The van der Waals surface area contributed by atoms with Gasteiger partial charge in [0, 0.05) is 23.2 Å². The Morgan fingerprint density at radius 1 is 1.47 bits per heavy atom. The number of nitrogens with one attached hydrogen (secondary N) is 1. The number of aliphatic hydroxyl groups is 1. The van der Waals surface area contributed by atoms with E-state index >= 15 is 0 Å². The Bertz CT molecular complexity index is 659. The van der Waals surface area contributed by atoms with Crippen molar-refractivity contribution < 1.29 is 15.0 Å². The van der Waals surface area contributed by atoms with Gasteiger partial charge in [0.25, 0.3) is 0 Å². The molecule has 4 nitrogen and oxygen atoms in total. The van der Waals surface area contributed by atoms with Crippen LogP contribution in [0.2, 0.25) is 0 Å². The molecule has 0 saturated heterocycles. The molecular formula is C15H17NO3. The van der Waals surface area contributed by atoms with E-state index in [4.69, 9.17) is 5.11 Å². The fourth-order valence-corrected chi connectivity index (χ4v) is 2.93. The molecule has 0 aliphatic heterocycles. The Labute approximate surface area is 111 Å². The Hall–Kier alpha value is -1.81. The van der Waals surface area contributed by atoms with Gasteiger partial charge in [-0.1, -0.05) is 6.92 Å². The monoisotopic (exact) mass is 259 g/mol. The maximum atomic E-state index is 11.1. The van der Waals surface area contributed by atoms with Crippen LogP contribution in [0.4, 0.5) is 0 Å². The predicted octanol–water partition coefficient (Wildman–Crippen LogP) is 2.35. The molecule has 1 aliphatic rings. The number of carboxylic acids is 1. The highest BCUT2D eigenvalue weighted by atomic mass is 16.4. The Morgan fingerprint density at radius 2 is 2.26 bits per heavy atom. The number of fused-ring (bicyclic) bond motifs is 3. The molecule has 100 valence electrons. The minimum atomic E-state index is -0.905. The second-order valence-electron chi connectivity index (χ2n) is 5.79. The van der Waals surface area contributed by atoms with Crippen molar-refractivity contribution >= 4 is 16.9 Å². The van der Waals surface area contributed by atoms with E-state index in [0.29, 0.717) is 5.56 Å². The van der Waals surface area contributed by atoms with Gasteiger partial charge in [0.05, 0.1) is 5.56 Å². The lowest BCUT2D eigenvalue weighted by atomic mass is 9.75. The van der Waals surface area contributed by atoms with E-state index in [1.54, 1.807) is 12.1 Å². The summed E-state index contributed by atoms with van der Waals surface area (Å²) in [5.74, 6) is -0.905. The quantitative estimate of drug-likeness (QED) is 0.775. The molecule has 0 saturated carbocycles. The van der Waals surface area contributed by atoms with Gasteiger partial charge < -0.3 is 15.2 Å². The van der Waals surface area contributed by atoms with Crippen LogP contribution in [0.5, 0.6) is 0 Å². The summed E-state index contributed by atoms with van der Waals surface area (Å²) in [5.41, 5.74) is 3.55. The molecule has 19 heavy (non-hydrogen) atoms. The molecular weight excluding hydrogens is 242 g/mol. The summed E-state index contributed by atoms with van der Waals surface area (Å²) in [4.78, 5) is 14.4. The van der Waals surface area contributed by atoms with Gasteiger partial charge in [-0.05, 0) is 48.4 Å². The van der Waals surface area contributed by atoms with Crippen LogP contribution in [-0.2, 0) is 12.8 Å². The van der Waals surface area contributed by atoms with E-state index < -0.39 is 5.97 Å². The van der Waals surface area contributed by atoms with Gasteiger partial charge in [0.15, 0.2) is 0 Å². The number of carbonyl (C=O) groups is 1. The number of carboxylic acid groups (broad SMARTS) is 1. The van der Waals surface area contributed by atoms with Crippen molar-refractivity contribution in [1.82, 2.24) is 4.98 Å². The number of benzene rings is 1. The normalized spacial score (nSPS) is 22.4. The summed E-state index contributed by atoms with van der Waals surface area (Å²) < 4.78 is 0. The van der Waals surface area contributed by atoms with E-state index in [1.165, 1.54) is 11.3 Å². The van der Waals surface area contributed by atoms with E-state index in [-0.39, 0.29) is 12.0 Å². The van der Waals surface area contributed by atoms with E-state index in [0.717, 1.165) is 30.2 Å². The maximum Gasteiger partial charge on any atom is 0.335 e. The van der Waals surface area contributed by atoms with E-state index in [1.807, 2.05) is 6.07 Å². The van der Waals surface area contributed by atoms with Gasteiger partial charge in [0.1, 0.15) is 0 Å². The highest BCUT2D eigenvalue weighted by Crippen LogP contribution is 2.38. The van der Waals surface area contributed by atoms with Crippen LogP contribution >= 0.6 is 0 Å². The minimum Gasteiger partial charge on any atom is -0.478 e. The smallest absolute Gasteiger partial charge is 0.335 e. The summed E-state index contributed by atoms with van der Waals surface area (Å²) in [6, 6.07) is 5.18. The van der Waals surface area contributed by atoms with Crippen molar-refractivity contribution in [2.75, 3.05) is 6.61 Å². The Kier molecular flexibility index (Phi) is 2.64. The van der Waals surface area contributed by atoms with Crippen LogP contribution in [0.3, 0.4) is 0 Å². The van der Waals surface area contributed by atoms with Crippen LogP contribution < -0.4 is 0 Å². The Balaban J connectivity index is 2.15. The van der Waals surface area contributed by atoms with E-state index in [9.17, 15) is 9.90 Å². The largest absolute Gasteiger partial charge is 0.478 e. The molecule has 3 rings (SSSR count). The fourth-order valence-electron chi connectivity index (χ4n) is 2.93. The van der Waals surface area contributed by atoms with Crippen LogP contribution in [0.25, 0.3) is 10.9 Å². The van der Waals surface area contributed by atoms with Crippen molar-refractivity contribution in [3.8, 4) is 0 Å². The molecule has 1 aromatic heterocycles. The molecule has 4 heteroatoms. The standard InChI is InChI=1S/C15H17NO3/c1-15(8-17)5-4-13-11(7-15)10-6-9(14(18)19)2-3-12(10)16-13/h2-3,6,16-17H,4-5,7-8H2,1H3,(H,18,19). The molecule has 0 amide bonds. The number of aryl methyl sites for hydroxylation is 1. The van der Waals surface area contributed by atoms with Crippen LogP contribution in [0.1, 0.15) is 35.0 Å². The van der Waals surface area contributed by atoms with Gasteiger partial charge in [0.2, 0.25) is 0 Å². The van der Waals surface area contributed by atoms with Crippen LogP contribution in [0, 0.1) is 5.41 Å². The van der Waals surface area contributed by atoms with Crippen molar-refractivity contribution in [2.45, 2.75) is 26.2 Å². The number of H-pyrrole nitrogens is 1. The van der Waals surface area contributed by atoms with Crippen molar-refractivity contribution in [1.29, 1.82) is 0 Å². The van der Waals surface area contributed by atoms with Crippen molar-refractivity contribution in [2.24, 2.45) is 5.41 Å². The number of rotatable bonds is 2. The molecule has 1 aliphatic carbocycles. The highest BCUT2D eigenvalue weighted by Gasteiger charge is 2.31. The molecule has 0 spiro atoms. The summed E-state index contributed by atoms with van der Waals surface area (Å²) in [7, 11) is 0. The second kappa shape index (κ2) is 4.10. The topological polar surface area (TPSA) is 73.3 Å². The molecule has 1 aromatic carbocycles. The molecule has 1 atom stereocenters. The van der Waals surface area contributed by atoms with Crippen molar-refractivity contribution in [3.63, 3.8) is 0 Å². The summed E-state index contributed by atoms with van der Waals surface area (Å²) in [6.07, 6.45) is 2.65. The first kappa shape index (κ1) is 12.2. The molecule has 3 N–H and O–H groups in total. The second-order valence-corrected chi connectivity index (χ2v) is 5.79. The lowest BCUT2D eigenvalue weighted by Crippen LogP contribution is -2.29. The lowest BCUT2D eigenvalue weighted by molar-refractivity contribution is 0.0697. The molecule has 0 bridgehead atoms. The first-order valence-electron chi connectivity index (χ1n) is 6.50. The number of aromatic carboxylic acids is 1. The molecule has 2 aromatic rings. The van der Waals surface area contributed by atoms with Gasteiger partial charge in [-0.15, -0.1) is 0 Å². The van der Waals surface area contributed by atoms with Crippen molar-refractivity contribution in [3.05, 3.63) is 35.0 Å². The molecule has 0 radical (unpaired) electrons. The molecule has 1 heterocycles. The zero-order chi connectivity index (χ0) is 13.6. The van der Waals surface area contributed by atoms with Crippen LogP contribution in [0.15, 0.2) is 18.2 Å². The zero-order valence-corrected chi connectivity index (χ0v) is 10.9. The number of hydrogen-bond acceptors (Lipinski definition) is 2. The fraction of sp³-hybridized carbons (Fsp3) is 0.400. The zero-order valence-electron chi connectivity index (χ0n) is 10.9. The van der Waals surface area contributed by atoms with Crippen LogP contribution in [-0.4, -0.2) is 27.8 Å². The average Bonchev–Trinajstić information content (AvgIpc) is 2.75. The lowest BCUT2D eigenvalue weighted by Gasteiger charge is -2.31. The minimum absolute atomic E-state index is 0.0959. The number of hydrogen-bond donors (Lipinski definition) is 3. The average molecular weight is 259 g/mol. The third kappa shape index (κ3) is 1.92. The Morgan fingerprint density at radius 3 is 2.95 bits per heavy atom. The molecule has 0 fully saturated rings. The van der Waals surface area contributed by atoms with E-state index in [2.05, 4.69) is 11.9 Å². The van der Waals surface area contributed by atoms with Gasteiger partial charge in [-0.3, -0.25) is 0 Å². The first-order chi connectivity index (χ1) is 9.02. The SMILES string of the molecule is CC1(CO)CCc2[nH]c3ccc(C(=O)O)cc3c2C1. The van der Waals surface area contributed by atoms with Gasteiger partial charge in [-0.25, -0.2) is 4.79 Å². The summed E-state index contributed by atoms with van der Waals surface area (Å²) in [6.45, 7) is 2.24. The molecule has 1 unspecified atom stereocenters. The highest BCUT2D eigenvalue weighted by molar-refractivity contribution is 5.95. The number of aliphatic hydroxyl groups excluding tert-OH is 1.